The molecule has 5 nitrogen and oxygen atoms in total. The second-order valence-electron chi connectivity index (χ2n) is 6.42. The van der Waals surface area contributed by atoms with E-state index in [1.165, 1.54) is 0 Å². The maximum atomic E-state index is 12.5. The number of aliphatic hydroxyl groups excluding tert-OH is 2. The minimum absolute atomic E-state index is 0.307. The van der Waals surface area contributed by atoms with Crippen molar-refractivity contribution in [2.75, 3.05) is 0 Å². The highest BCUT2D eigenvalue weighted by atomic mass is 16.6. The Morgan fingerprint density at radius 2 is 2.04 bits per heavy atom. The molecule has 0 fully saturated rings. The minimum atomic E-state index is -1.20. The zero-order valence-electron chi connectivity index (χ0n) is 13.9. The molecule has 126 valence electrons. The molecule has 0 amide bonds. The maximum absolute atomic E-state index is 12.5. The Kier molecular flexibility index (Phi) is 4.07. The first-order valence-electron chi connectivity index (χ1n) is 7.88. The van der Waals surface area contributed by atoms with E-state index in [4.69, 9.17) is 4.74 Å². The van der Waals surface area contributed by atoms with Crippen molar-refractivity contribution in [2.24, 2.45) is 0 Å². The molecular formula is C19H21NO4. The lowest BCUT2D eigenvalue weighted by Crippen LogP contribution is -2.37. The summed E-state index contributed by atoms with van der Waals surface area (Å²) in [5, 5.41) is 20.2. The van der Waals surface area contributed by atoms with E-state index in [2.05, 4.69) is 4.98 Å². The van der Waals surface area contributed by atoms with Gasteiger partial charge >= 0.3 is 0 Å². The van der Waals surface area contributed by atoms with Crippen molar-refractivity contribution >= 4 is 0 Å². The molecule has 5 heteroatoms. The summed E-state index contributed by atoms with van der Waals surface area (Å²) >= 11 is 0. The molecule has 3 N–H and O–H groups in total. The van der Waals surface area contributed by atoms with Gasteiger partial charge in [0.2, 0.25) is 6.29 Å². The number of aliphatic hydroxyl groups is 2. The van der Waals surface area contributed by atoms with Gasteiger partial charge in [0.1, 0.15) is 5.75 Å². The van der Waals surface area contributed by atoms with Crippen LogP contribution in [0, 0.1) is 0 Å². The van der Waals surface area contributed by atoms with E-state index in [0.717, 1.165) is 11.1 Å². The van der Waals surface area contributed by atoms with E-state index in [9.17, 15) is 15.0 Å². The molecule has 0 radical (unpaired) electrons. The van der Waals surface area contributed by atoms with Crippen molar-refractivity contribution < 1.29 is 14.9 Å². The van der Waals surface area contributed by atoms with E-state index in [0.29, 0.717) is 16.9 Å². The van der Waals surface area contributed by atoms with Crippen LogP contribution in [-0.4, -0.2) is 27.6 Å². The first-order chi connectivity index (χ1) is 11.3. The number of nitrogens with one attached hydrogen (secondary N) is 1. The van der Waals surface area contributed by atoms with Crippen molar-refractivity contribution in [3.05, 3.63) is 64.1 Å². The Balaban J connectivity index is 2.23. The molecule has 0 unspecified atom stereocenters. The van der Waals surface area contributed by atoms with Crippen molar-refractivity contribution in [2.45, 2.75) is 38.6 Å². The molecule has 2 aromatic rings. The van der Waals surface area contributed by atoms with Crippen LogP contribution in [0.3, 0.4) is 0 Å². The highest BCUT2D eigenvalue weighted by Gasteiger charge is 2.46. The molecule has 3 atom stereocenters. The van der Waals surface area contributed by atoms with Gasteiger partial charge in [0.05, 0.1) is 17.1 Å². The predicted molar refractivity (Wildman–Crippen MR) is 91.9 cm³/mol. The molecule has 0 spiro atoms. The topological polar surface area (TPSA) is 82.6 Å². The molecule has 0 saturated heterocycles. The predicted octanol–water partition coefficient (Wildman–Crippen LogP) is 2.34. The van der Waals surface area contributed by atoms with Crippen LogP contribution in [0.4, 0.5) is 0 Å². The van der Waals surface area contributed by atoms with Gasteiger partial charge in [-0.3, -0.25) is 4.79 Å². The SMILES string of the molecule is C/C(=C\[C@@]1(C)c2c(c(-c3ccccc3)c[nH]c2=O)O[C@H]1O)[C@@H](C)O. The fourth-order valence-corrected chi connectivity index (χ4v) is 3.05. The van der Waals surface area contributed by atoms with Crippen molar-refractivity contribution in [1.82, 2.24) is 4.98 Å². The van der Waals surface area contributed by atoms with E-state index in [1.54, 1.807) is 33.0 Å². The van der Waals surface area contributed by atoms with E-state index in [-0.39, 0.29) is 5.56 Å². The summed E-state index contributed by atoms with van der Waals surface area (Å²) in [6, 6.07) is 9.53. The quantitative estimate of drug-likeness (QED) is 0.756. The molecule has 1 aliphatic heterocycles. The Morgan fingerprint density at radius 3 is 2.67 bits per heavy atom. The van der Waals surface area contributed by atoms with Gasteiger partial charge in [-0.05, 0) is 31.9 Å². The largest absolute Gasteiger partial charge is 0.463 e. The number of aromatic amines is 1. The second-order valence-corrected chi connectivity index (χ2v) is 6.42. The van der Waals surface area contributed by atoms with Crippen LogP contribution in [0.5, 0.6) is 5.75 Å². The summed E-state index contributed by atoms with van der Waals surface area (Å²) in [5.74, 6) is 0.384. The highest BCUT2D eigenvalue weighted by molar-refractivity contribution is 5.73. The molecule has 0 bridgehead atoms. The van der Waals surface area contributed by atoms with Crippen LogP contribution in [0.2, 0.25) is 0 Å². The fourth-order valence-electron chi connectivity index (χ4n) is 3.05. The lowest BCUT2D eigenvalue weighted by molar-refractivity contribution is -0.0363. The molecule has 0 aliphatic carbocycles. The van der Waals surface area contributed by atoms with Gasteiger partial charge in [-0.25, -0.2) is 0 Å². The van der Waals surface area contributed by atoms with Gasteiger partial charge in [-0.2, -0.15) is 0 Å². The Morgan fingerprint density at radius 1 is 1.38 bits per heavy atom. The zero-order valence-corrected chi connectivity index (χ0v) is 13.9. The first-order valence-corrected chi connectivity index (χ1v) is 7.88. The summed E-state index contributed by atoms with van der Waals surface area (Å²) in [6.07, 6.45) is 1.43. The fraction of sp³-hybridized carbons (Fsp3) is 0.316. The van der Waals surface area contributed by atoms with Crippen molar-refractivity contribution in [3.8, 4) is 16.9 Å². The Bertz CT molecular complexity index is 838. The number of aromatic nitrogens is 1. The molecule has 2 heterocycles. The van der Waals surface area contributed by atoms with Gasteiger partial charge < -0.3 is 19.9 Å². The maximum Gasteiger partial charge on any atom is 0.256 e. The number of pyridine rings is 1. The third-order valence-electron chi connectivity index (χ3n) is 4.60. The Hall–Kier alpha value is -2.37. The monoisotopic (exact) mass is 327 g/mol. The molecule has 1 aliphatic rings. The van der Waals surface area contributed by atoms with Gasteiger partial charge in [0.15, 0.2) is 0 Å². The average Bonchev–Trinajstić information content (AvgIpc) is 2.80. The van der Waals surface area contributed by atoms with E-state index < -0.39 is 17.8 Å². The Labute approximate surface area is 140 Å². The standard InChI is InChI=1S/C19H21NO4/c1-11(12(2)21)9-19(3)15-16(24-18(19)23)14(10-20-17(15)22)13-7-5-4-6-8-13/h4-10,12,18,21,23H,1-3H3,(H,20,22)/b11-9+/t12-,18-,19+/m1/s1. The first kappa shape index (κ1) is 16.5. The van der Waals surface area contributed by atoms with Crippen LogP contribution in [0.1, 0.15) is 26.3 Å². The number of fused-ring (bicyclic) bond motifs is 1. The summed E-state index contributed by atoms with van der Waals surface area (Å²) < 4.78 is 5.68. The van der Waals surface area contributed by atoms with Gasteiger partial charge in [-0.1, -0.05) is 36.4 Å². The number of hydrogen-bond donors (Lipinski definition) is 3. The van der Waals surface area contributed by atoms with Crippen LogP contribution < -0.4 is 10.3 Å². The second kappa shape index (κ2) is 5.92. The summed E-state index contributed by atoms with van der Waals surface area (Å²) in [5.41, 5.74) is 1.30. The van der Waals surface area contributed by atoms with Gasteiger partial charge in [-0.15, -0.1) is 0 Å². The normalized spacial score (nSPS) is 24.4. The van der Waals surface area contributed by atoms with Crippen LogP contribution in [0.25, 0.3) is 11.1 Å². The lowest BCUT2D eigenvalue weighted by atomic mass is 9.81. The minimum Gasteiger partial charge on any atom is -0.463 e. The molecule has 3 rings (SSSR count). The van der Waals surface area contributed by atoms with Crippen LogP contribution in [-0.2, 0) is 5.41 Å². The summed E-state index contributed by atoms with van der Waals surface area (Å²) in [7, 11) is 0. The number of rotatable bonds is 3. The van der Waals surface area contributed by atoms with E-state index >= 15 is 0 Å². The average molecular weight is 327 g/mol. The third kappa shape index (κ3) is 2.56. The number of ether oxygens (including phenoxy) is 1. The van der Waals surface area contributed by atoms with Gasteiger partial charge in [0, 0.05) is 11.8 Å². The lowest BCUT2D eigenvalue weighted by Gasteiger charge is -2.23. The highest BCUT2D eigenvalue weighted by Crippen LogP contribution is 2.46. The molecular weight excluding hydrogens is 306 g/mol. The van der Waals surface area contributed by atoms with Crippen LogP contribution in [0.15, 0.2) is 53.0 Å². The molecule has 24 heavy (non-hydrogen) atoms. The molecule has 1 aromatic heterocycles. The van der Waals surface area contributed by atoms with Crippen molar-refractivity contribution in [3.63, 3.8) is 0 Å². The number of H-pyrrole nitrogens is 1. The van der Waals surface area contributed by atoms with Crippen LogP contribution >= 0.6 is 0 Å². The number of hydrogen-bond acceptors (Lipinski definition) is 4. The smallest absolute Gasteiger partial charge is 0.256 e. The van der Waals surface area contributed by atoms with Gasteiger partial charge in [0.25, 0.3) is 5.56 Å². The van der Waals surface area contributed by atoms with E-state index in [1.807, 2.05) is 30.3 Å². The summed E-state index contributed by atoms with van der Waals surface area (Å²) in [6.45, 7) is 5.14. The summed E-state index contributed by atoms with van der Waals surface area (Å²) in [4.78, 5) is 15.2. The third-order valence-corrected chi connectivity index (χ3v) is 4.60. The molecule has 0 saturated carbocycles. The molecule has 1 aromatic carbocycles. The number of benzene rings is 1. The van der Waals surface area contributed by atoms with Crippen molar-refractivity contribution in [1.29, 1.82) is 0 Å². The zero-order chi connectivity index (χ0) is 17.5.